The number of nitrogens with zero attached hydrogens (tertiary/aromatic N) is 3. The SMILES string of the molecule is Cc1sc(C=O)nc1-c1c(Cl)cnn1C. The van der Waals surface area contributed by atoms with Crippen LogP contribution in [-0.2, 0) is 7.05 Å². The van der Waals surface area contributed by atoms with Gasteiger partial charge in [0.15, 0.2) is 11.3 Å². The molecule has 6 heteroatoms. The van der Waals surface area contributed by atoms with Crippen LogP contribution in [0.2, 0.25) is 5.02 Å². The van der Waals surface area contributed by atoms with Crippen molar-refractivity contribution in [3.05, 3.63) is 21.1 Å². The number of thiazole rings is 1. The summed E-state index contributed by atoms with van der Waals surface area (Å²) in [5, 5.41) is 5.03. The van der Waals surface area contributed by atoms with E-state index in [-0.39, 0.29) is 0 Å². The predicted octanol–water partition coefficient (Wildman–Crippen LogP) is 2.32. The number of hydrogen-bond acceptors (Lipinski definition) is 4. The van der Waals surface area contributed by atoms with Crippen molar-refractivity contribution in [2.24, 2.45) is 7.05 Å². The molecule has 2 heterocycles. The molecule has 0 radical (unpaired) electrons. The lowest BCUT2D eigenvalue weighted by Crippen LogP contribution is -1.95. The molecule has 15 heavy (non-hydrogen) atoms. The molecule has 0 spiro atoms. The maximum absolute atomic E-state index is 10.6. The zero-order chi connectivity index (χ0) is 11.0. The van der Waals surface area contributed by atoms with Crippen molar-refractivity contribution in [1.29, 1.82) is 0 Å². The third-order valence-electron chi connectivity index (χ3n) is 2.03. The third-order valence-corrected chi connectivity index (χ3v) is 3.21. The van der Waals surface area contributed by atoms with Crippen LogP contribution in [0.5, 0.6) is 0 Å². The van der Waals surface area contributed by atoms with Gasteiger partial charge in [0.25, 0.3) is 0 Å². The molecule has 0 aliphatic carbocycles. The summed E-state index contributed by atoms with van der Waals surface area (Å²) < 4.78 is 1.65. The second-order valence-corrected chi connectivity index (χ2v) is 4.68. The molecule has 0 aliphatic rings. The quantitative estimate of drug-likeness (QED) is 0.758. The fraction of sp³-hybridized carbons (Fsp3) is 0.222. The first-order valence-electron chi connectivity index (χ1n) is 4.24. The standard InChI is InChI=1S/C9H8ClN3OS/c1-5-8(12-7(4-14)15-5)9-6(10)3-11-13(9)2/h3-4H,1-2H3. The topological polar surface area (TPSA) is 47.8 Å². The minimum atomic E-state index is 0.458. The van der Waals surface area contributed by atoms with E-state index in [1.807, 2.05) is 6.92 Å². The van der Waals surface area contributed by atoms with E-state index in [2.05, 4.69) is 10.1 Å². The summed E-state index contributed by atoms with van der Waals surface area (Å²) in [4.78, 5) is 15.8. The first-order chi connectivity index (χ1) is 7.13. The molecule has 2 rings (SSSR count). The Labute approximate surface area is 95.5 Å². The van der Waals surface area contributed by atoms with Crippen LogP contribution in [0.4, 0.5) is 0 Å². The summed E-state index contributed by atoms with van der Waals surface area (Å²) >= 11 is 7.35. The monoisotopic (exact) mass is 241 g/mol. The Morgan fingerprint density at radius 2 is 2.33 bits per heavy atom. The van der Waals surface area contributed by atoms with Gasteiger partial charge in [-0.05, 0) is 6.92 Å². The molecule has 0 aliphatic heterocycles. The second kappa shape index (κ2) is 3.75. The van der Waals surface area contributed by atoms with E-state index < -0.39 is 0 Å². The fourth-order valence-electron chi connectivity index (χ4n) is 1.36. The van der Waals surface area contributed by atoms with Gasteiger partial charge in [0.2, 0.25) is 0 Å². The molecule has 0 bridgehead atoms. The highest BCUT2D eigenvalue weighted by molar-refractivity contribution is 7.13. The van der Waals surface area contributed by atoms with Gasteiger partial charge in [-0.2, -0.15) is 5.10 Å². The van der Waals surface area contributed by atoms with Gasteiger partial charge >= 0.3 is 0 Å². The Balaban J connectivity index is 2.63. The Morgan fingerprint density at radius 1 is 1.60 bits per heavy atom. The Bertz CT molecular complexity index is 498. The number of halogens is 1. The zero-order valence-corrected chi connectivity index (χ0v) is 9.76. The molecular weight excluding hydrogens is 234 g/mol. The van der Waals surface area contributed by atoms with E-state index in [0.29, 0.717) is 10.0 Å². The van der Waals surface area contributed by atoms with Crippen LogP contribution in [0.25, 0.3) is 11.4 Å². The molecule has 0 saturated carbocycles. The first-order valence-corrected chi connectivity index (χ1v) is 5.43. The molecule has 0 fully saturated rings. The maximum atomic E-state index is 10.6. The van der Waals surface area contributed by atoms with Crippen molar-refractivity contribution < 1.29 is 4.79 Å². The normalized spacial score (nSPS) is 10.6. The lowest BCUT2D eigenvalue weighted by atomic mass is 10.3. The summed E-state index contributed by atoms with van der Waals surface area (Å²) in [6.45, 7) is 1.91. The lowest BCUT2D eigenvalue weighted by Gasteiger charge is -1.99. The molecule has 2 aromatic heterocycles. The van der Waals surface area contributed by atoms with Crippen molar-refractivity contribution in [3.8, 4) is 11.4 Å². The van der Waals surface area contributed by atoms with Gasteiger partial charge in [0, 0.05) is 11.9 Å². The molecular formula is C9H8ClN3OS. The van der Waals surface area contributed by atoms with Crippen LogP contribution in [0.15, 0.2) is 6.20 Å². The van der Waals surface area contributed by atoms with E-state index in [0.717, 1.165) is 22.6 Å². The second-order valence-electron chi connectivity index (χ2n) is 3.04. The molecule has 0 unspecified atom stereocenters. The number of carbonyl (C=O) groups is 1. The third kappa shape index (κ3) is 1.68. The fourth-order valence-corrected chi connectivity index (χ4v) is 2.36. The van der Waals surface area contributed by atoms with E-state index in [1.165, 1.54) is 11.3 Å². The number of aryl methyl sites for hydroxylation is 2. The van der Waals surface area contributed by atoms with Crippen LogP contribution in [-0.4, -0.2) is 21.1 Å². The number of carbonyl (C=O) groups excluding carboxylic acids is 1. The summed E-state index contributed by atoms with van der Waals surface area (Å²) in [6.07, 6.45) is 2.31. The van der Waals surface area contributed by atoms with E-state index >= 15 is 0 Å². The zero-order valence-electron chi connectivity index (χ0n) is 8.19. The van der Waals surface area contributed by atoms with Gasteiger partial charge in [-0.15, -0.1) is 11.3 Å². The van der Waals surface area contributed by atoms with Crippen LogP contribution in [0.1, 0.15) is 14.7 Å². The molecule has 2 aromatic rings. The van der Waals surface area contributed by atoms with Gasteiger partial charge in [0.05, 0.1) is 11.2 Å². The predicted molar refractivity (Wildman–Crippen MR) is 59.5 cm³/mol. The first kappa shape index (κ1) is 10.3. The molecule has 0 atom stereocenters. The van der Waals surface area contributed by atoms with Gasteiger partial charge in [-0.3, -0.25) is 9.48 Å². The van der Waals surface area contributed by atoms with E-state index in [4.69, 9.17) is 11.6 Å². The highest BCUT2D eigenvalue weighted by Gasteiger charge is 2.16. The average molecular weight is 242 g/mol. The number of rotatable bonds is 2. The Morgan fingerprint density at radius 3 is 2.80 bits per heavy atom. The van der Waals surface area contributed by atoms with Crippen LogP contribution >= 0.6 is 22.9 Å². The largest absolute Gasteiger partial charge is 0.295 e. The van der Waals surface area contributed by atoms with Crippen LogP contribution in [0, 0.1) is 6.92 Å². The molecule has 4 nitrogen and oxygen atoms in total. The summed E-state index contributed by atoms with van der Waals surface area (Å²) in [5.41, 5.74) is 1.48. The summed E-state index contributed by atoms with van der Waals surface area (Å²) in [5.74, 6) is 0. The molecule has 0 aromatic carbocycles. The summed E-state index contributed by atoms with van der Waals surface area (Å²) in [7, 11) is 1.79. The van der Waals surface area contributed by atoms with Crippen molar-refractivity contribution >= 4 is 29.2 Å². The van der Waals surface area contributed by atoms with Gasteiger partial charge < -0.3 is 0 Å². The average Bonchev–Trinajstić information content (AvgIpc) is 2.71. The Hall–Kier alpha value is -1.20. The van der Waals surface area contributed by atoms with Crippen molar-refractivity contribution in [2.45, 2.75) is 6.92 Å². The Kier molecular flexibility index (Phi) is 2.58. The van der Waals surface area contributed by atoms with Crippen LogP contribution < -0.4 is 0 Å². The van der Waals surface area contributed by atoms with Crippen molar-refractivity contribution in [1.82, 2.24) is 14.8 Å². The van der Waals surface area contributed by atoms with Gasteiger partial charge in [-0.25, -0.2) is 4.98 Å². The van der Waals surface area contributed by atoms with E-state index in [1.54, 1.807) is 17.9 Å². The summed E-state index contributed by atoms with van der Waals surface area (Å²) in [6, 6.07) is 0. The number of aldehydes is 1. The highest BCUT2D eigenvalue weighted by Crippen LogP contribution is 2.31. The maximum Gasteiger partial charge on any atom is 0.178 e. The van der Waals surface area contributed by atoms with Gasteiger partial charge in [-0.1, -0.05) is 11.6 Å². The minimum Gasteiger partial charge on any atom is -0.295 e. The molecule has 0 N–H and O–H groups in total. The molecule has 78 valence electrons. The lowest BCUT2D eigenvalue weighted by molar-refractivity contribution is 0.112. The highest BCUT2D eigenvalue weighted by atomic mass is 35.5. The minimum absolute atomic E-state index is 0.458. The molecule has 0 saturated heterocycles. The van der Waals surface area contributed by atoms with Crippen LogP contribution in [0.3, 0.4) is 0 Å². The smallest absolute Gasteiger partial charge is 0.178 e. The van der Waals surface area contributed by atoms with Crippen molar-refractivity contribution in [2.75, 3.05) is 0 Å². The number of hydrogen-bond donors (Lipinski definition) is 0. The van der Waals surface area contributed by atoms with Crippen molar-refractivity contribution in [3.63, 3.8) is 0 Å². The number of aromatic nitrogens is 3. The van der Waals surface area contributed by atoms with E-state index in [9.17, 15) is 4.79 Å². The molecule has 0 amide bonds. The van der Waals surface area contributed by atoms with Gasteiger partial charge in [0.1, 0.15) is 11.4 Å².